The van der Waals surface area contributed by atoms with Crippen molar-refractivity contribution < 1.29 is 9.53 Å². The van der Waals surface area contributed by atoms with E-state index in [1.807, 2.05) is 0 Å². The summed E-state index contributed by atoms with van der Waals surface area (Å²) in [5.74, 6) is 0.297. The Bertz CT molecular complexity index is 660. The van der Waals surface area contributed by atoms with Gasteiger partial charge in [0.15, 0.2) is 0 Å². The normalized spacial score (nSPS) is 19.4. The van der Waals surface area contributed by atoms with Crippen LogP contribution in [-0.4, -0.2) is 48.7 Å². The Hall–Kier alpha value is -1.82. The molecular formula is C18H27N3O3. The first-order chi connectivity index (χ1) is 11.6. The Balaban J connectivity index is 1.90. The van der Waals surface area contributed by atoms with Gasteiger partial charge in [0.05, 0.1) is 7.11 Å². The average molecular weight is 333 g/mol. The monoisotopic (exact) mass is 333 g/mol. The highest BCUT2D eigenvalue weighted by molar-refractivity contribution is 5.98. The number of fused-ring (bicyclic) bond motifs is 1. The molecule has 6 nitrogen and oxygen atoms in total. The fraction of sp³-hybridized carbons (Fsp3) is 0.667. The van der Waals surface area contributed by atoms with Crippen LogP contribution in [0, 0.1) is 0 Å². The van der Waals surface area contributed by atoms with Crippen LogP contribution in [-0.2, 0) is 13.0 Å². The van der Waals surface area contributed by atoms with Crippen LogP contribution in [0.2, 0.25) is 0 Å². The molecule has 1 aromatic rings. The molecule has 1 N–H and O–H groups in total. The molecule has 3 heterocycles. The number of nitrogens with one attached hydrogen (secondary N) is 1. The van der Waals surface area contributed by atoms with Gasteiger partial charge in [0.2, 0.25) is 0 Å². The Morgan fingerprint density at radius 1 is 1.21 bits per heavy atom. The first-order valence-electron chi connectivity index (χ1n) is 8.90. The van der Waals surface area contributed by atoms with Gasteiger partial charge in [-0.15, -0.1) is 0 Å². The van der Waals surface area contributed by atoms with Crippen molar-refractivity contribution in [2.45, 2.75) is 51.1 Å². The number of hydrogen-bond acceptors (Lipinski definition) is 4. The zero-order valence-corrected chi connectivity index (χ0v) is 14.6. The highest BCUT2D eigenvalue weighted by Gasteiger charge is 2.26. The van der Waals surface area contributed by atoms with Crippen LogP contribution in [0.5, 0.6) is 5.75 Å². The van der Waals surface area contributed by atoms with E-state index in [-0.39, 0.29) is 17.5 Å². The molecular weight excluding hydrogens is 306 g/mol. The number of carbonyl (C=O) groups excluding carboxylic acids is 1. The van der Waals surface area contributed by atoms with Crippen LogP contribution in [0.3, 0.4) is 0 Å². The number of piperidine rings is 1. The van der Waals surface area contributed by atoms with E-state index in [1.165, 1.54) is 13.2 Å². The molecule has 2 aliphatic rings. The molecule has 1 fully saturated rings. The van der Waals surface area contributed by atoms with Gasteiger partial charge in [-0.2, -0.15) is 0 Å². The predicted octanol–water partition coefficient (Wildman–Crippen LogP) is 1.41. The lowest BCUT2D eigenvalue weighted by Crippen LogP contribution is -2.44. The van der Waals surface area contributed by atoms with Crippen molar-refractivity contribution in [3.8, 4) is 5.75 Å². The van der Waals surface area contributed by atoms with Gasteiger partial charge >= 0.3 is 0 Å². The summed E-state index contributed by atoms with van der Waals surface area (Å²) in [5, 5.41) is 3.16. The maximum atomic E-state index is 12.9. The van der Waals surface area contributed by atoms with E-state index in [1.54, 1.807) is 4.57 Å². The summed E-state index contributed by atoms with van der Waals surface area (Å²) in [5.41, 5.74) is 1.32. The molecule has 0 bridgehead atoms. The molecule has 0 spiro atoms. The summed E-state index contributed by atoms with van der Waals surface area (Å²) in [6, 6.07) is 1.65. The molecule has 1 aromatic heterocycles. The lowest BCUT2D eigenvalue weighted by Gasteiger charge is -2.30. The van der Waals surface area contributed by atoms with E-state index in [0.29, 0.717) is 17.9 Å². The zero-order chi connectivity index (χ0) is 17.1. The van der Waals surface area contributed by atoms with Crippen molar-refractivity contribution in [1.82, 2.24) is 14.8 Å². The summed E-state index contributed by atoms with van der Waals surface area (Å²) in [4.78, 5) is 27.6. The van der Waals surface area contributed by atoms with Crippen molar-refractivity contribution in [2.24, 2.45) is 0 Å². The molecule has 1 amide bonds. The van der Waals surface area contributed by atoms with E-state index >= 15 is 0 Å². The van der Waals surface area contributed by atoms with E-state index in [2.05, 4.69) is 17.3 Å². The maximum absolute atomic E-state index is 12.9. The molecule has 1 saturated heterocycles. The number of pyridine rings is 1. The van der Waals surface area contributed by atoms with Crippen LogP contribution in [0.15, 0.2) is 10.9 Å². The Morgan fingerprint density at radius 3 is 2.67 bits per heavy atom. The molecule has 24 heavy (non-hydrogen) atoms. The van der Waals surface area contributed by atoms with Crippen LogP contribution in [0.4, 0.5) is 0 Å². The number of hydrogen-bond donors (Lipinski definition) is 1. The van der Waals surface area contributed by atoms with E-state index in [9.17, 15) is 9.59 Å². The van der Waals surface area contributed by atoms with Crippen LogP contribution in [0.25, 0.3) is 0 Å². The lowest BCUT2D eigenvalue weighted by molar-refractivity contribution is 0.0911. The third kappa shape index (κ3) is 3.48. The van der Waals surface area contributed by atoms with Crippen molar-refractivity contribution in [1.29, 1.82) is 0 Å². The number of nitrogens with zero attached hydrogens (tertiary/aromatic N) is 2. The molecule has 0 aromatic carbocycles. The van der Waals surface area contributed by atoms with Crippen LogP contribution in [0.1, 0.15) is 48.2 Å². The van der Waals surface area contributed by atoms with Gasteiger partial charge in [0.25, 0.3) is 11.5 Å². The van der Waals surface area contributed by atoms with Crippen molar-refractivity contribution in [3.63, 3.8) is 0 Å². The summed E-state index contributed by atoms with van der Waals surface area (Å²) in [6.45, 7) is 2.68. The third-order valence-electron chi connectivity index (χ3n) is 5.18. The van der Waals surface area contributed by atoms with Gasteiger partial charge in [-0.25, -0.2) is 0 Å². The number of aromatic nitrogens is 1. The Morgan fingerprint density at radius 2 is 1.96 bits per heavy atom. The topological polar surface area (TPSA) is 63.6 Å². The highest BCUT2D eigenvalue weighted by Crippen LogP contribution is 2.25. The van der Waals surface area contributed by atoms with Gasteiger partial charge < -0.3 is 19.5 Å². The van der Waals surface area contributed by atoms with Crippen LogP contribution >= 0.6 is 0 Å². The minimum Gasteiger partial charge on any atom is -0.496 e. The molecule has 0 saturated carbocycles. The van der Waals surface area contributed by atoms with E-state index in [4.69, 9.17) is 4.74 Å². The number of carbonyl (C=O) groups is 1. The first-order valence-corrected chi connectivity index (χ1v) is 8.90. The van der Waals surface area contributed by atoms with Gasteiger partial charge in [-0.05, 0) is 52.2 Å². The Labute approximate surface area is 142 Å². The third-order valence-corrected chi connectivity index (χ3v) is 5.18. The van der Waals surface area contributed by atoms with Gasteiger partial charge in [-0.3, -0.25) is 9.59 Å². The SMILES string of the molecule is COc1cc(=O)n2c(c1C(=O)NC1CCN(C)CC1)CCCCC2. The van der Waals surface area contributed by atoms with Crippen LogP contribution < -0.4 is 15.6 Å². The maximum Gasteiger partial charge on any atom is 0.257 e. The largest absolute Gasteiger partial charge is 0.496 e. The highest BCUT2D eigenvalue weighted by atomic mass is 16.5. The van der Waals surface area contributed by atoms with Gasteiger partial charge in [-0.1, -0.05) is 6.42 Å². The van der Waals surface area contributed by atoms with Crippen molar-refractivity contribution in [3.05, 3.63) is 27.7 Å². The zero-order valence-electron chi connectivity index (χ0n) is 14.6. The van der Waals surface area contributed by atoms with E-state index in [0.717, 1.165) is 57.3 Å². The predicted molar refractivity (Wildman–Crippen MR) is 92.8 cm³/mol. The average Bonchev–Trinajstić information content (AvgIpc) is 2.83. The smallest absolute Gasteiger partial charge is 0.257 e. The van der Waals surface area contributed by atoms with E-state index < -0.39 is 0 Å². The minimum atomic E-state index is -0.105. The molecule has 0 radical (unpaired) electrons. The molecule has 132 valence electrons. The number of ether oxygens (including phenoxy) is 1. The second-order valence-electron chi connectivity index (χ2n) is 6.89. The molecule has 0 aliphatic carbocycles. The summed E-state index contributed by atoms with van der Waals surface area (Å²) >= 11 is 0. The second-order valence-corrected chi connectivity index (χ2v) is 6.89. The number of amides is 1. The molecule has 6 heteroatoms. The summed E-state index contributed by atoms with van der Waals surface area (Å²) in [7, 11) is 3.62. The molecule has 0 atom stereocenters. The van der Waals surface area contributed by atoms with Crippen molar-refractivity contribution in [2.75, 3.05) is 27.2 Å². The standard InChI is InChI=1S/C18H27N3O3/c1-20-10-7-13(8-11-20)19-18(23)17-14-6-4-3-5-9-21(14)16(22)12-15(17)24-2/h12-13H,3-11H2,1-2H3,(H,19,23). The molecule has 0 unspecified atom stereocenters. The van der Waals surface area contributed by atoms with Crippen molar-refractivity contribution >= 4 is 5.91 Å². The summed E-state index contributed by atoms with van der Waals surface area (Å²) < 4.78 is 7.14. The first kappa shape index (κ1) is 17.0. The quantitative estimate of drug-likeness (QED) is 0.908. The fourth-order valence-electron chi connectivity index (χ4n) is 3.73. The summed E-state index contributed by atoms with van der Waals surface area (Å²) in [6.07, 6.45) is 5.73. The fourth-order valence-corrected chi connectivity index (χ4v) is 3.73. The number of rotatable bonds is 3. The number of likely N-dealkylation sites (tertiary alicyclic amines) is 1. The molecule has 3 rings (SSSR count). The second kappa shape index (κ2) is 7.38. The van der Waals surface area contributed by atoms with Gasteiger partial charge in [0, 0.05) is 24.3 Å². The molecule has 2 aliphatic heterocycles. The van der Waals surface area contributed by atoms with Gasteiger partial charge in [0.1, 0.15) is 11.3 Å². The Kier molecular flexibility index (Phi) is 5.23. The number of methoxy groups -OCH3 is 1. The minimum absolute atomic E-state index is 0.0698. The lowest BCUT2D eigenvalue weighted by atomic mass is 10.0.